The van der Waals surface area contributed by atoms with Crippen LogP contribution in [0, 0.1) is 0 Å². The molecule has 6 aromatic rings. The van der Waals surface area contributed by atoms with Crippen LogP contribution in [-0.4, -0.2) is 23.1 Å². The Labute approximate surface area is 273 Å². The molecule has 0 bridgehead atoms. The summed E-state index contributed by atoms with van der Waals surface area (Å²) in [5.74, 6) is 1.25. The molecule has 1 aliphatic rings. The summed E-state index contributed by atoms with van der Waals surface area (Å²) in [6.45, 7) is 0. The number of rotatable bonds is 9. The molecule has 1 heterocycles. The second-order valence-corrected chi connectivity index (χ2v) is 10.9. The number of hydrogen-bond acceptors (Lipinski definition) is 6. The number of para-hydroxylation sites is 5. The number of phenols is 1. The van der Waals surface area contributed by atoms with Gasteiger partial charge >= 0.3 is 0 Å². The third-order valence-electron chi connectivity index (χ3n) is 7.79. The molecule has 7 nitrogen and oxygen atoms in total. The highest BCUT2D eigenvalue weighted by atomic mass is 16.3. The van der Waals surface area contributed by atoms with Crippen LogP contribution in [0.2, 0.25) is 0 Å². The molecule has 228 valence electrons. The number of nitrogens with zero attached hydrogens (tertiary/aromatic N) is 3. The Morgan fingerprint density at radius 1 is 0.596 bits per heavy atom. The lowest BCUT2D eigenvalue weighted by Crippen LogP contribution is -2.33. The van der Waals surface area contributed by atoms with Crippen LogP contribution < -0.4 is 16.0 Å². The van der Waals surface area contributed by atoms with E-state index in [9.17, 15) is 5.11 Å². The highest BCUT2D eigenvalue weighted by Gasteiger charge is 2.23. The standard InChI is InChI=1S/C40H32N6O/c47-37-32(31-21-10-11-24-34(31)43-36-26-13-12-25-35(36)42-27-41-30-19-8-3-9-20-30)22-14-23-33(37)40-45-38(28-15-4-1-5-16-28)44-39(46-40)29-17-6-2-7-18-29/h1-27,38,43,47H,(H,41,42)(H,44,45,46). The Bertz CT molecular complexity index is 2080. The SMILES string of the molecule is Oc1c(C2=NC(c3ccccc3)NC(c3ccccc3)=N2)cccc1-c1ccccc1Nc1ccccc1NC=Nc1ccccc1. The predicted molar refractivity (Wildman–Crippen MR) is 193 cm³/mol. The molecule has 0 saturated carbocycles. The minimum atomic E-state index is -0.370. The Hall–Kier alpha value is -6.47. The molecular weight excluding hydrogens is 580 g/mol. The van der Waals surface area contributed by atoms with Crippen molar-refractivity contribution >= 4 is 40.8 Å². The van der Waals surface area contributed by atoms with Gasteiger partial charge in [-0.3, -0.25) is 0 Å². The lowest BCUT2D eigenvalue weighted by atomic mass is 9.98. The Balaban J connectivity index is 1.23. The number of nitrogens with one attached hydrogen (secondary N) is 3. The van der Waals surface area contributed by atoms with Gasteiger partial charge in [0.25, 0.3) is 0 Å². The molecule has 0 aliphatic carbocycles. The lowest BCUT2D eigenvalue weighted by Gasteiger charge is -2.24. The van der Waals surface area contributed by atoms with Crippen LogP contribution in [0.1, 0.15) is 22.9 Å². The summed E-state index contributed by atoms with van der Waals surface area (Å²) in [5, 5.41) is 22.2. The number of hydrogen-bond donors (Lipinski definition) is 4. The molecule has 6 aromatic carbocycles. The Kier molecular flexibility index (Phi) is 8.51. The number of amidine groups is 2. The van der Waals surface area contributed by atoms with E-state index in [1.54, 1.807) is 6.34 Å². The summed E-state index contributed by atoms with van der Waals surface area (Å²) in [6.07, 6.45) is 1.31. The summed E-state index contributed by atoms with van der Waals surface area (Å²) < 4.78 is 0. The van der Waals surface area contributed by atoms with E-state index in [1.807, 2.05) is 158 Å². The summed E-state index contributed by atoms with van der Waals surface area (Å²) in [7, 11) is 0. The summed E-state index contributed by atoms with van der Waals surface area (Å²) >= 11 is 0. The average Bonchev–Trinajstić information content (AvgIpc) is 3.14. The van der Waals surface area contributed by atoms with Crippen LogP contribution in [0.4, 0.5) is 22.7 Å². The molecule has 7 heteroatoms. The summed E-state index contributed by atoms with van der Waals surface area (Å²) in [5.41, 5.74) is 7.40. The molecular formula is C40H32N6O. The van der Waals surface area contributed by atoms with Gasteiger partial charge in [0.15, 0.2) is 5.84 Å². The van der Waals surface area contributed by atoms with Gasteiger partial charge in [-0.05, 0) is 42.0 Å². The molecule has 0 aromatic heterocycles. The fraction of sp³-hybridized carbons (Fsp3) is 0.0250. The summed E-state index contributed by atoms with van der Waals surface area (Å²) in [6, 6.07) is 51.3. The maximum Gasteiger partial charge on any atom is 0.163 e. The second kappa shape index (κ2) is 13.7. The van der Waals surface area contributed by atoms with Crippen molar-refractivity contribution in [2.24, 2.45) is 15.0 Å². The summed E-state index contributed by atoms with van der Waals surface area (Å²) in [4.78, 5) is 14.4. The third kappa shape index (κ3) is 6.65. The van der Waals surface area contributed by atoms with E-state index in [2.05, 4.69) is 20.9 Å². The number of aliphatic imine (C=N–C) groups is 3. The molecule has 1 aliphatic heterocycles. The predicted octanol–water partition coefficient (Wildman–Crippen LogP) is 9.07. The average molecular weight is 613 g/mol. The first-order valence-electron chi connectivity index (χ1n) is 15.4. The van der Waals surface area contributed by atoms with Crippen molar-refractivity contribution in [2.75, 3.05) is 10.6 Å². The van der Waals surface area contributed by atoms with Gasteiger partial charge in [0.05, 0.1) is 29.0 Å². The van der Waals surface area contributed by atoms with Crippen molar-refractivity contribution in [2.45, 2.75) is 6.17 Å². The van der Waals surface area contributed by atoms with Crippen molar-refractivity contribution < 1.29 is 5.11 Å². The molecule has 1 atom stereocenters. The molecule has 1 unspecified atom stereocenters. The van der Waals surface area contributed by atoms with Crippen molar-refractivity contribution in [1.29, 1.82) is 0 Å². The van der Waals surface area contributed by atoms with Gasteiger partial charge in [0.2, 0.25) is 0 Å². The highest BCUT2D eigenvalue weighted by molar-refractivity contribution is 6.14. The largest absolute Gasteiger partial charge is 0.507 e. The first kappa shape index (κ1) is 29.3. The molecule has 0 fully saturated rings. The fourth-order valence-electron chi connectivity index (χ4n) is 5.44. The Morgan fingerprint density at radius 2 is 1.19 bits per heavy atom. The zero-order chi connectivity index (χ0) is 31.8. The number of phenolic OH excluding ortho intramolecular Hbond substituents is 1. The van der Waals surface area contributed by atoms with Gasteiger partial charge < -0.3 is 21.1 Å². The number of anilines is 3. The number of benzene rings is 6. The monoisotopic (exact) mass is 612 g/mol. The minimum absolute atomic E-state index is 0.103. The maximum atomic E-state index is 11.8. The van der Waals surface area contributed by atoms with Crippen LogP contribution >= 0.6 is 0 Å². The van der Waals surface area contributed by atoms with Crippen LogP contribution in [-0.2, 0) is 0 Å². The zero-order valence-electron chi connectivity index (χ0n) is 25.5. The van der Waals surface area contributed by atoms with Crippen LogP contribution in [0.15, 0.2) is 173 Å². The van der Waals surface area contributed by atoms with Crippen molar-refractivity contribution in [3.63, 3.8) is 0 Å². The van der Waals surface area contributed by atoms with E-state index >= 15 is 0 Å². The van der Waals surface area contributed by atoms with Gasteiger partial charge in [-0.15, -0.1) is 0 Å². The molecule has 0 amide bonds. The molecule has 0 spiro atoms. The molecule has 47 heavy (non-hydrogen) atoms. The smallest absolute Gasteiger partial charge is 0.163 e. The molecule has 4 N–H and O–H groups in total. The minimum Gasteiger partial charge on any atom is -0.507 e. The third-order valence-corrected chi connectivity index (χ3v) is 7.79. The van der Waals surface area contributed by atoms with E-state index in [-0.39, 0.29) is 11.9 Å². The van der Waals surface area contributed by atoms with Gasteiger partial charge in [-0.1, -0.05) is 121 Å². The van der Waals surface area contributed by atoms with Crippen molar-refractivity contribution in [1.82, 2.24) is 5.32 Å². The molecule has 0 radical (unpaired) electrons. The van der Waals surface area contributed by atoms with Gasteiger partial charge in [0, 0.05) is 22.4 Å². The van der Waals surface area contributed by atoms with Gasteiger partial charge in [0.1, 0.15) is 17.8 Å². The maximum absolute atomic E-state index is 11.8. The van der Waals surface area contributed by atoms with Crippen LogP contribution in [0.5, 0.6) is 5.75 Å². The lowest BCUT2D eigenvalue weighted by molar-refractivity contribution is 0.476. The normalized spacial score (nSPS) is 14.2. The van der Waals surface area contributed by atoms with Crippen molar-refractivity contribution in [3.8, 4) is 16.9 Å². The first-order valence-corrected chi connectivity index (χ1v) is 15.4. The quantitative estimate of drug-likeness (QED) is 0.0968. The second-order valence-electron chi connectivity index (χ2n) is 10.9. The molecule has 7 rings (SSSR count). The van der Waals surface area contributed by atoms with Crippen molar-refractivity contribution in [3.05, 3.63) is 174 Å². The van der Waals surface area contributed by atoms with E-state index in [0.717, 1.165) is 39.4 Å². The van der Waals surface area contributed by atoms with Crippen LogP contribution in [0.25, 0.3) is 11.1 Å². The van der Waals surface area contributed by atoms with Gasteiger partial charge in [-0.2, -0.15) is 0 Å². The highest BCUT2D eigenvalue weighted by Crippen LogP contribution is 2.39. The van der Waals surface area contributed by atoms with Gasteiger partial charge in [-0.25, -0.2) is 15.0 Å². The van der Waals surface area contributed by atoms with E-state index in [1.165, 1.54) is 0 Å². The fourth-order valence-corrected chi connectivity index (χ4v) is 5.44. The van der Waals surface area contributed by atoms with E-state index < -0.39 is 0 Å². The number of aromatic hydroxyl groups is 1. The van der Waals surface area contributed by atoms with E-state index in [0.29, 0.717) is 22.8 Å². The van der Waals surface area contributed by atoms with Crippen LogP contribution in [0.3, 0.4) is 0 Å². The Morgan fingerprint density at radius 3 is 1.96 bits per heavy atom. The molecule has 0 saturated heterocycles. The topological polar surface area (TPSA) is 93.4 Å². The zero-order valence-corrected chi connectivity index (χ0v) is 25.5. The first-order chi connectivity index (χ1) is 23.2. The van der Waals surface area contributed by atoms with E-state index in [4.69, 9.17) is 9.98 Å².